The van der Waals surface area contributed by atoms with Gasteiger partial charge < -0.3 is 25.2 Å². The summed E-state index contributed by atoms with van der Waals surface area (Å²) in [6.07, 6.45) is 0.894. The molecule has 2 aliphatic heterocycles. The topological polar surface area (TPSA) is 132 Å². The van der Waals surface area contributed by atoms with Gasteiger partial charge in [0.2, 0.25) is 0 Å². The molecule has 0 fully saturated rings. The maximum absolute atomic E-state index is 14.1. The Labute approximate surface area is 240 Å². The molecule has 2 aromatic rings. The van der Waals surface area contributed by atoms with Crippen LogP contribution in [0.2, 0.25) is 0 Å². The number of ether oxygens (including phenoxy) is 2. The molecule has 3 N–H and O–H groups in total. The lowest BCUT2D eigenvalue weighted by Gasteiger charge is -2.39. The monoisotopic (exact) mass is 559 g/mol. The van der Waals surface area contributed by atoms with E-state index in [0.717, 1.165) is 5.56 Å². The molecule has 5 rings (SSSR count). The average Bonchev–Trinajstić information content (AvgIpc) is 3.18. The number of hydrogen-bond donors (Lipinski definition) is 2. The lowest BCUT2D eigenvalue weighted by Crippen LogP contribution is -2.39. The zero-order valence-corrected chi connectivity index (χ0v) is 24.6. The van der Waals surface area contributed by atoms with Gasteiger partial charge in [-0.2, -0.15) is 0 Å². The number of aromatic nitrogens is 1. The quantitative estimate of drug-likeness (QED) is 0.491. The molecule has 0 unspecified atom stereocenters. The molecule has 2 atom stereocenters. The normalized spacial score (nSPS) is 21.7. The van der Waals surface area contributed by atoms with Gasteiger partial charge in [-0.15, -0.1) is 0 Å². The molecule has 1 amide bonds. The van der Waals surface area contributed by atoms with Crippen LogP contribution in [0.5, 0.6) is 5.75 Å². The first-order chi connectivity index (χ1) is 19.3. The van der Waals surface area contributed by atoms with Gasteiger partial charge >= 0.3 is 5.97 Å². The third kappa shape index (κ3) is 4.47. The molecule has 216 valence electrons. The highest BCUT2D eigenvalue weighted by molar-refractivity contribution is 6.07. The van der Waals surface area contributed by atoms with E-state index in [1.165, 1.54) is 6.07 Å². The number of carbonyl (C=O) groups is 3. The minimum absolute atomic E-state index is 0.0534. The highest BCUT2D eigenvalue weighted by Crippen LogP contribution is 2.55. The molecule has 0 radical (unpaired) electrons. The second-order valence-corrected chi connectivity index (χ2v) is 12.2. The number of hydrogen-bond acceptors (Lipinski definition) is 7. The smallest absolute Gasteiger partial charge is 0.356 e. The minimum Gasteiger partial charge on any atom is -0.496 e. The Morgan fingerprint density at radius 1 is 1.20 bits per heavy atom. The van der Waals surface area contributed by atoms with Gasteiger partial charge in [0.15, 0.2) is 11.5 Å². The molecule has 0 saturated carbocycles. The largest absolute Gasteiger partial charge is 0.496 e. The number of rotatable bonds is 6. The predicted octanol–water partition coefficient (Wildman–Crippen LogP) is 5.24. The molecule has 9 nitrogen and oxygen atoms in total. The molecule has 3 heterocycles. The van der Waals surface area contributed by atoms with Crippen molar-refractivity contribution in [1.82, 2.24) is 9.88 Å². The molecule has 41 heavy (non-hydrogen) atoms. The summed E-state index contributed by atoms with van der Waals surface area (Å²) in [5.41, 5.74) is 8.83. The van der Waals surface area contributed by atoms with Crippen molar-refractivity contribution in [3.05, 3.63) is 63.8 Å². The van der Waals surface area contributed by atoms with E-state index in [1.54, 1.807) is 19.2 Å². The number of nitrogens with two attached hydrogens (primary N) is 1. The van der Waals surface area contributed by atoms with Gasteiger partial charge in [0, 0.05) is 36.1 Å². The Balaban J connectivity index is 1.81. The molecule has 1 aliphatic carbocycles. The lowest BCUT2D eigenvalue weighted by molar-refractivity contribution is -0.127. The zero-order valence-electron chi connectivity index (χ0n) is 24.6. The SMILES string of the molecule is CCN1C(=O)C2=C(OC3=C(C(=O)CC(C)(C)C3)[C@@H]2c2c(OC)ccc(-c3ccc(N)c(C(=O)O)n3)c2C)[C@H]1C(C)C. The van der Waals surface area contributed by atoms with Crippen molar-refractivity contribution >= 4 is 23.3 Å². The molecule has 0 saturated heterocycles. The number of amides is 1. The van der Waals surface area contributed by atoms with Crippen molar-refractivity contribution in [3.8, 4) is 17.0 Å². The Kier molecular flexibility index (Phi) is 6.96. The van der Waals surface area contributed by atoms with Crippen LogP contribution in [0, 0.1) is 18.3 Å². The molecule has 0 spiro atoms. The van der Waals surface area contributed by atoms with Crippen LogP contribution in [0.1, 0.15) is 75.0 Å². The van der Waals surface area contributed by atoms with E-state index in [0.29, 0.717) is 64.6 Å². The summed E-state index contributed by atoms with van der Waals surface area (Å²) in [5, 5.41) is 9.63. The van der Waals surface area contributed by atoms with Gasteiger partial charge in [-0.1, -0.05) is 27.7 Å². The summed E-state index contributed by atoms with van der Waals surface area (Å²) in [5.74, 6) is -0.315. The van der Waals surface area contributed by atoms with Crippen LogP contribution in [-0.2, 0) is 14.3 Å². The standard InChI is InChI=1S/C32H37N3O6/c1-8-35-28(15(2)3)29-26(30(35)37)25(24-20(36)13-32(5,6)14-22(24)41-29)23-16(4)17(9-12-21(23)40-7)19-11-10-18(33)27(34-19)31(38)39/h9-12,15,25,28H,8,13-14,33H2,1-7H3,(H,38,39)/t25-,28+/m0/s1. The number of ketones is 1. The van der Waals surface area contributed by atoms with Gasteiger partial charge in [-0.05, 0) is 55.0 Å². The van der Waals surface area contributed by atoms with E-state index in [1.807, 2.05) is 38.7 Å². The summed E-state index contributed by atoms with van der Waals surface area (Å²) in [6, 6.07) is 6.52. The highest BCUT2D eigenvalue weighted by atomic mass is 16.5. The van der Waals surface area contributed by atoms with Crippen LogP contribution in [0.15, 0.2) is 46.9 Å². The maximum atomic E-state index is 14.1. The van der Waals surface area contributed by atoms with Crippen molar-refractivity contribution < 1.29 is 29.0 Å². The Bertz CT molecular complexity index is 1550. The van der Waals surface area contributed by atoms with Crippen molar-refractivity contribution in [3.63, 3.8) is 0 Å². The number of benzene rings is 1. The van der Waals surface area contributed by atoms with Gasteiger partial charge in [0.25, 0.3) is 5.91 Å². The van der Waals surface area contributed by atoms with E-state index in [-0.39, 0.29) is 40.4 Å². The third-order valence-corrected chi connectivity index (χ3v) is 8.41. The first-order valence-corrected chi connectivity index (χ1v) is 14.0. The number of carbonyl (C=O) groups excluding carboxylic acids is 2. The van der Waals surface area contributed by atoms with Gasteiger partial charge in [0.05, 0.1) is 36.0 Å². The number of nitrogen functional groups attached to an aromatic ring is 1. The van der Waals surface area contributed by atoms with E-state index < -0.39 is 11.9 Å². The minimum atomic E-state index is -1.23. The van der Waals surface area contributed by atoms with Gasteiger partial charge in [-0.25, -0.2) is 9.78 Å². The predicted molar refractivity (Wildman–Crippen MR) is 154 cm³/mol. The number of likely N-dealkylation sites (N-methyl/N-ethyl adjacent to an activating group) is 1. The van der Waals surface area contributed by atoms with Crippen LogP contribution in [-0.4, -0.2) is 52.3 Å². The van der Waals surface area contributed by atoms with Crippen LogP contribution >= 0.6 is 0 Å². The fourth-order valence-corrected chi connectivity index (χ4v) is 6.64. The average molecular weight is 560 g/mol. The van der Waals surface area contributed by atoms with Gasteiger partial charge in [0.1, 0.15) is 17.3 Å². The number of carboxylic acid groups (broad SMARTS) is 1. The first kappa shape index (κ1) is 28.4. The van der Waals surface area contributed by atoms with Crippen LogP contribution in [0.3, 0.4) is 0 Å². The number of pyridine rings is 1. The van der Waals surface area contributed by atoms with Crippen molar-refractivity contribution in [2.24, 2.45) is 11.3 Å². The summed E-state index contributed by atoms with van der Waals surface area (Å²) in [4.78, 5) is 46.0. The van der Waals surface area contributed by atoms with Crippen molar-refractivity contribution in [1.29, 1.82) is 0 Å². The van der Waals surface area contributed by atoms with Crippen LogP contribution < -0.4 is 10.5 Å². The van der Waals surface area contributed by atoms with Gasteiger partial charge in [-0.3, -0.25) is 9.59 Å². The number of methoxy groups -OCH3 is 1. The number of nitrogens with zero attached hydrogens (tertiary/aromatic N) is 2. The number of Topliss-reactive ketones (excluding diaryl/α,β-unsaturated/α-hetero) is 1. The Hall–Kier alpha value is -4.14. The third-order valence-electron chi connectivity index (χ3n) is 8.41. The van der Waals surface area contributed by atoms with Crippen LogP contribution in [0.4, 0.5) is 5.69 Å². The molecule has 3 aliphatic rings. The summed E-state index contributed by atoms with van der Waals surface area (Å²) >= 11 is 0. The van der Waals surface area contributed by atoms with Crippen molar-refractivity contribution in [2.45, 2.75) is 66.3 Å². The number of anilines is 1. The molecule has 1 aromatic carbocycles. The highest BCUT2D eigenvalue weighted by Gasteiger charge is 2.53. The lowest BCUT2D eigenvalue weighted by atomic mass is 9.68. The molecule has 9 heteroatoms. The number of allylic oxidation sites excluding steroid dienone is 2. The van der Waals surface area contributed by atoms with Crippen LogP contribution in [0.25, 0.3) is 11.3 Å². The summed E-state index contributed by atoms with van der Waals surface area (Å²) in [6.45, 7) is 12.6. The molecular formula is C32H37N3O6. The number of aromatic carboxylic acids is 1. The maximum Gasteiger partial charge on any atom is 0.356 e. The fourth-order valence-electron chi connectivity index (χ4n) is 6.64. The number of carboxylic acids is 1. The second kappa shape index (κ2) is 10.0. The van der Waals surface area contributed by atoms with E-state index >= 15 is 0 Å². The van der Waals surface area contributed by atoms with Crippen molar-refractivity contribution in [2.75, 3.05) is 19.4 Å². The molecule has 1 aromatic heterocycles. The fraction of sp³-hybridized carbons (Fsp3) is 0.438. The molecule has 0 bridgehead atoms. The zero-order chi connectivity index (χ0) is 30.0. The molecular weight excluding hydrogens is 522 g/mol. The second-order valence-electron chi connectivity index (χ2n) is 12.2. The Morgan fingerprint density at radius 2 is 1.90 bits per heavy atom. The Morgan fingerprint density at radius 3 is 2.51 bits per heavy atom. The summed E-state index contributed by atoms with van der Waals surface area (Å²) in [7, 11) is 1.56. The summed E-state index contributed by atoms with van der Waals surface area (Å²) < 4.78 is 12.4. The first-order valence-electron chi connectivity index (χ1n) is 14.0. The van der Waals surface area contributed by atoms with E-state index in [4.69, 9.17) is 15.2 Å². The van der Waals surface area contributed by atoms with E-state index in [9.17, 15) is 19.5 Å². The van der Waals surface area contributed by atoms with E-state index in [2.05, 4.69) is 18.8 Å².